The van der Waals surface area contributed by atoms with Gasteiger partial charge in [0.05, 0.1) is 22.7 Å². The number of hydrogen-bond donors (Lipinski definition) is 1. The second-order valence-corrected chi connectivity index (χ2v) is 8.48. The fourth-order valence-electron chi connectivity index (χ4n) is 2.75. The van der Waals surface area contributed by atoms with E-state index < -0.39 is 15.9 Å². The normalized spacial score (nSPS) is 12.4. The van der Waals surface area contributed by atoms with E-state index in [-0.39, 0.29) is 21.5 Å². The van der Waals surface area contributed by atoms with Gasteiger partial charge in [-0.2, -0.15) is 9.57 Å². The van der Waals surface area contributed by atoms with Crippen LogP contribution in [0.3, 0.4) is 0 Å². The summed E-state index contributed by atoms with van der Waals surface area (Å²) in [5.74, 6) is -0.412. The smallest absolute Gasteiger partial charge is 0.251 e. The molecule has 2 aromatic carbocycles. The van der Waals surface area contributed by atoms with Crippen LogP contribution in [0.15, 0.2) is 47.4 Å². The van der Waals surface area contributed by atoms with Gasteiger partial charge in [0.1, 0.15) is 4.90 Å². The Morgan fingerprint density at radius 3 is 2.32 bits per heavy atom. The maximum atomic E-state index is 12.8. The van der Waals surface area contributed by atoms with Gasteiger partial charge in [-0.05, 0) is 42.8 Å². The topological polar surface area (TPSA) is 90.3 Å². The number of nitrogens with one attached hydrogen (secondary N) is 1. The van der Waals surface area contributed by atoms with Crippen molar-refractivity contribution in [3.05, 3.63) is 64.2 Å². The number of nitriles is 1. The Hall–Kier alpha value is -2.40. The Morgan fingerprint density at radius 2 is 1.79 bits per heavy atom. The first-order valence-electron chi connectivity index (χ1n) is 8.85. The number of sulfonamides is 1. The van der Waals surface area contributed by atoms with Gasteiger partial charge in [-0.3, -0.25) is 4.79 Å². The molecule has 0 aliphatic carbocycles. The minimum atomic E-state index is -3.79. The van der Waals surface area contributed by atoms with Crippen molar-refractivity contribution in [1.29, 1.82) is 5.26 Å². The molecule has 0 aromatic heterocycles. The second-order valence-electron chi connectivity index (χ2n) is 6.16. The van der Waals surface area contributed by atoms with E-state index in [0.29, 0.717) is 18.7 Å². The van der Waals surface area contributed by atoms with Crippen molar-refractivity contribution in [2.24, 2.45) is 0 Å². The summed E-state index contributed by atoms with van der Waals surface area (Å²) in [6, 6.07) is 12.8. The summed E-state index contributed by atoms with van der Waals surface area (Å²) in [7, 11) is -3.79. The molecule has 6 nitrogen and oxygen atoms in total. The van der Waals surface area contributed by atoms with Crippen LogP contribution in [0.1, 0.15) is 48.3 Å². The van der Waals surface area contributed by atoms with Gasteiger partial charge in [-0.1, -0.05) is 37.6 Å². The van der Waals surface area contributed by atoms with Crippen LogP contribution in [0.2, 0.25) is 5.02 Å². The lowest BCUT2D eigenvalue weighted by Gasteiger charge is -2.20. The molecule has 2 aromatic rings. The van der Waals surface area contributed by atoms with Gasteiger partial charge in [0.25, 0.3) is 5.91 Å². The maximum absolute atomic E-state index is 12.8. The lowest BCUT2D eigenvalue weighted by Crippen LogP contribution is -2.31. The molecule has 0 heterocycles. The average Bonchev–Trinajstić information content (AvgIpc) is 2.68. The predicted molar refractivity (Wildman–Crippen MR) is 109 cm³/mol. The molecule has 0 fully saturated rings. The van der Waals surface area contributed by atoms with Gasteiger partial charge in [0.2, 0.25) is 10.0 Å². The van der Waals surface area contributed by atoms with E-state index in [1.807, 2.05) is 13.0 Å². The van der Waals surface area contributed by atoms with Crippen molar-refractivity contribution in [3.8, 4) is 6.07 Å². The zero-order valence-corrected chi connectivity index (χ0v) is 17.5. The number of carbonyl (C=O) groups excluding carboxylic acids is 1. The zero-order chi connectivity index (χ0) is 20.9. The summed E-state index contributed by atoms with van der Waals surface area (Å²) < 4.78 is 26.8. The molecule has 0 spiro atoms. The lowest BCUT2D eigenvalue weighted by atomic mass is 10.1. The molecule has 0 saturated carbocycles. The zero-order valence-electron chi connectivity index (χ0n) is 15.9. The SMILES string of the molecule is CCN(CC)S(=O)(=O)c1cc(C(=O)NC(C)c2ccc(C#N)cc2)ccc1Cl. The quantitative estimate of drug-likeness (QED) is 0.740. The number of hydrogen-bond acceptors (Lipinski definition) is 4. The molecule has 1 amide bonds. The molecule has 0 aliphatic rings. The molecule has 1 atom stereocenters. The molecule has 0 aliphatic heterocycles. The van der Waals surface area contributed by atoms with Gasteiger partial charge in [0.15, 0.2) is 0 Å². The first-order chi connectivity index (χ1) is 13.2. The van der Waals surface area contributed by atoms with E-state index >= 15 is 0 Å². The summed E-state index contributed by atoms with van der Waals surface area (Å²) in [6.45, 7) is 5.90. The third kappa shape index (κ3) is 4.71. The lowest BCUT2D eigenvalue weighted by molar-refractivity contribution is 0.0939. The first kappa shape index (κ1) is 21.9. The van der Waals surface area contributed by atoms with Crippen molar-refractivity contribution in [1.82, 2.24) is 9.62 Å². The molecule has 0 saturated heterocycles. The van der Waals surface area contributed by atoms with Crippen molar-refractivity contribution in [2.45, 2.75) is 31.7 Å². The fourth-order valence-corrected chi connectivity index (χ4v) is 4.71. The van der Waals surface area contributed by atoms with Crippen LogP contribution in [0.5, 0.6) is 0 Å². The standard InChI is InChI=1S/C20H22ClN3O3S/c1-4-24(5-2)28(26,27)19-12-17(10-11-18(19)21)20(25)23-14(3)16-8-6-15(13-22)7-9-16/h6-12,14H,4-5H2,1-3H3,(H,23,25). The molecule has 8 heteroatoms. The van der Waals surface area contributed by atoms with Gasteiger partial charge < -0.3 is 5.32 Å². The first-order valence-corrected chi connectivity index (χ1v) is 10.7. The van der Waals surface area contributed by atoms with E-state index in [2.05, 4.69) is 5.32 Å². The number of carbonyl (C=O) groups is 1. The molecular formula is C20H22ClN3O3S. The van der Waals surface area contributed by atoms with Crippen molar-refractivity contribution in [2.75, 3.05) is 13.1 Å². The highest BCUT2D eigenvalue weighted by Crippen LogP contribution is 2.26. The Bertz CT molecular complexity index is 994. The molecule has 1 unspecified atom stereocenters. The molecule has 1 N–H and O–H groups in total. The molecule has 0 radical (unpaired) electrons. The van der Waals surface area contributed by atoms with Gasteiger partial charge >= 0.3 is 0 Å². The molecule has 0 bridgehead atoms. The average molecular weight is 420 g/mol. The van der Waals surface area contributed by atoms with Gasteiger partial charge in [-0.15, -0.1) is 0 Å². The molecule has 148 valence electrons. The van der Waals surface area contributed by atoms with Crippen LogP contribution in [-0.2, 0) is 10.0 Å². The number of rotatable bonds is 7. The minimum absolute atomic E-state index is 0.0728. The van der Waals surface area contributed by atoms with Gasteiger partial charge in [0, 0.05) is 18.7 Å². The van der Waals surface area contributed by atoms with Gasteiger partial charge in [-0.25, -0.2) is 8.42 Å². The molecular weight excluding hydrogens is 398 g/mol. The van der Waals surface area contributed by atoms with Crippen molar-refractivity contribution < 1.29 is 13.2 Å². The monoisotopic (exact) mass is 419 g/mol. The molecule has 2 rings (SSSR count). The van der Waals surface area contributed by atoms with Crippen molar-refractivity contribution in [3.63, 3.8) is 0 Å². The summed E-state index contributed by atoms with van der Waals surface area (Å²) in [5, 5.41) is 11.8. The van der Waals surface area contributed by atoms with Crippen LogP contribution >= 0.6 is 11.6 Å². The Balaban J connectivity index is 2.28. The Labute approximate surface area is 170 Å². The third-order valence-electron chi connectivity index (χ3n) is 4.40. The van der Waals surface area contributed by atoms with Crippen LogP contribution in [0, 0.1) is 11.3 Å². The summed E-state index contributed by atoms with van der Waals surface area (Å²) in [6.07, 6.45) is 0. The van der Waals surface area contributed by atoms with Crippen LogP contribution in [0.25, 0.3) is 0 Å². The Morgan fingerprint density at radius 1 is 1.18 bits per heavy atom. The highest BCUT2D eigenvalue weighted by molar-refractivity contribution is 7.89. The van der Waals surface area contributed by atoms with E-state index in [0.717, 1.165) is 5.56 Å². The summed E-state index contributed by atoms with van der Waals surface area (Å²) >= 11 is 6.11. The highest BCUT2D eigenvalue weighted by atomic mass is 35.5. The van der Waals surface area contributed by atoms with Crippen LogP contribution in [0.4, 0.5) is 0 Å². The van der Waals surface area contributed by atoms with Crippen molar-refractivity contribution >= 4 is 27.5 Å². The third-order valence-corrected chi connectivity index (χ3v) is 6.94. The number of benzene rings is 2. The fraction of sp³-hybridized carbons (Fsp3) is 0.300. The van der Waals surface area contributed by atoms with E-state index in [9.17, 15) is 13.2 Å². The van der Waals surface area contributed by atoms with Crippen LogP contribution in [-0.4, -0.2) is 31.7 Å². The van der Waals surface area contributed by atoms with E-state index in [4.69, 9.17) is 16.9 Å². The van der Waals surface area contributed by atoms with Crippen LogP contribution < -0.4 is 5.32 Å². The number of amides is 1. The largest absolute Gasteiger partial charge is 0.346 e. The van der Waals surface area contributed by atoms with E-state index in [1.165, 1.54) is 22.5 Å². The second kappa shape index (κ2) is 9.20. The summed E-state index contributed by atoms with van der Waals surface area (Å²) in [4.78, 5) is 12.5. The highest BCUT2D eigenvalue weighted by Gasteiger charge is 2.25. The molecule has 28 heavy (non-hydrogen) atoms. The maximum Gasteiger partial charge on any atom is 0.251 e. The number of halogens is 1. The summed E-state index contributed by atoms with van der Waals surface area (Å²) in [5.41, 5.74) is 1.57. The number of nitrogens with zero attached hydrogens (tertiary/aromatic N) is 2. The predicted octanol–water partition coefficient (Wildman–Crippen LogP) is 3.73. The van der Waals surface area contributed by atoms with E-state index in [1.54, 1.807) is 38.1 Å². The minimum Gasteiger partial charge on any atom is -0.346 e. The Kier molecular flexibility index (Phi) is 7.19.